The molecule has 0 bridgehead atoms. The van der Waals surface area contributed by atoms with Crippen molar-refractivity contribution in [1.82, 2.24) is 20.4 Å². The van der Waals surface area contributed by atoms with E-state index in [1.165, 1.54) is 4.88 Å². The highest BCUT2D eigenvalue weighted by molar-refractivity contribution is 7.10. The minimum absolute atomic E-state index is 0. The van der Waals surface area contributed by atoms with E-state index < -0.39 is 0 Å². The van der Waals surface area contributed by atoms with Gasteiger partial charge in [0.1, 0.15) is 5.69 Å². The van der Waals surface area contributed by atoms with Gasteiger partial charge in [-0.25, -0.2) is 0 Å². The topological polar surface area (TPSA) is 59.0 Å². The minimum Gasteiger partial charge on any atom is -0.350 e. The molecular weight excluding hydrogens is 344 g/mol. The Morgan fingerprint density at radius 1 is 1.50 bits per heavy atom. The van der Waals surface area contributed by atoms with Crippen molar-refractivity contribution >= 4 is 29.7 Å². The van der Waals surface area contributed by atoms with Crippen molar-refractivity contribution in [3.63, 3.8) is 0 Å². The maximum atomic E-state index is 12.4. The van der Waals surface area contributed by atoms with Crippen LogP contribution < -0.4 is 10.6 Å². The summed E-state index contributed by atoms with van der Waals surface area (Å²) in [5, 5.41) is 12.9. The van der Waals surface area contributed by atoms with Crippen molar-refractivity contribution < 1.29 is 4.79 Å². The first-order valence-corrected chi connectivity index (χ1v) is 9.02. The lowest BCUT2D eigenvalue weighted by Crippen LogP contribution is -2.36. The number of halogens is 1. The van der Waals surface area contributed by atoms with Crippen LogP contribution in [0.5, 0.6) is 0 Å². The molecule has 1 amide bonds. The normalized spacial score (nSPS) is 18.0. The highest BCUT2D eigenvalue weighted by Gasteiger charge is 2.23. The number of hydrogen-bond acceptors (Lipinski definition) is 4. The number of carbonyl (C=O) groups excluding carboxylic acids is 1. The number of amides is 1. The summed E-state index contributed by atoms with van der Waals surface area (Å²) in [7, 11) is 0. The van der Waals surface area contributed by atoms with Crippen molar-refractivity contribution in [3.05, 3.63) is 40.3 Å². The van der Waals surface area contributed by atoms with Crippen LogP contribution in [0.25, 0.3) is 0 Å². The van der Waals surface area contributed by atoms with Gasteiger partial charge in [0.05, 0.1) is 6.04 Å². The smallest absolute Gasteiger partial charge is 0.271 e. The molecule has 2 aromatic rings. The molecule has 1 unspecified atom stereocenters. The molecule has 3 heterocycles. The number of nitrogens with zero attached hydrogens (tertiary/aromatic N) is 2. The van der Waals surface area contributed by atoms with Crippen molar-refractivity contribution in [2.45, 2.75) is 38.1 Å². The second-order valence-electron chi connectivity index (χ2n) is 6.73. The van der Waals surface area contributed by atoms with E-state index in [9.17, 15) is 4.79 Å². The van der Waals surface area contributed by atoms with E-state index in [1.807, 2.05) is 23.0 Å². The van der Waals surface area contributed by atoms with Crippen molar-refractivity contribution in [2.75, 3.05) is 19.6 Å². The van der Waals surface area contributed by atoms with Crippen LogP contribution in [0, 0.1) is 0 Å². The highest BCUT2D eigenvalue weighted by Crippen LogP contribution is 2.26. The summed E-state index contributed by atoms with van der Waals surface area (Å²) in [5.74, 6) is -0.0999. The van der Waals surface area contributed by atoms with Crippen LogP contribution in [0.1, 0.15) is 48.1 Å². The van der Waals surface area contributed by atoms with Gasteiger partial charge in [-0.05, 0) is 36.9 Å². The predicted molar refractivity (Wildman–Crippen MR) is 100 cm³/mol. The largest absolute Gasteiger partial charge is 0.350 e. The summed E-state index contributed by atoms with van der Waals surface area (Å²) in [6.07, 6.45) is 4.18. The lowest BCUT2D eigenvalue weighted by Gasteiger charge is -2.23. The van der Waals surface area contributed by atoms with Crippen molar-refractivity contribution in [3.8, 4) is 0 Å². The van der Waals surface area contributed by atoms with Gasteiger partial charge in [0.15, 0.2) is 0 Å². The molecule has 0 aliphatic carbocycles. The number of rotatable bonds is 5. The Morgan fingerprint density at radius 2 is 2.33 bits per heavy atom. The standard InChI is InChI=1S/C17H24N4OS.ClH/c1-17(2,15-6-4-10-23-15)12-19-16(22)14-7-9-21(20-14)13-5-3-8-18-11-13;/h4,6-7,9-10,13,18H,3,5,8,11-12H2,1-2H3,(H,19,22);1H. The first-order chi connectivity index (χ1) is 11.1. The van der Waals surface area contributed by atoms with Gasteiger partial charge < -0.3 is 10.6 Å². The van der Waals surface area contributed by atoms with Gasteiger partial charge in [0, 0.05) is 29.6 Å². The molecule has 7 heteroatoms. The van der Waals surface area contributed by atoms with E-state index in [0.717, 1.165) is 25.9 Å². The number of aromatic nitrogens is 2. The molecule has 5 nitrogen and oxygen atoms in total. The molecule has 0 aromatic carbocycles. The summed E-state index contributed by atoms with van der Waals surface area (Å²) < 4.78 is 1.92. The predicted octanol–water partition coefficient (Wildman–Crippen LogP) is 3.00. The molecule has 1 fully saturated rings. The lowest BCUT2D eigenvalue weighted by atomic mass is 9.91. The SMILES string of the molecule is CC(C)(CNC(=O)c1ccn(C2CCCNC2)n1)c1cccs1.Cl. The Bertz CT molecular complexity index is 647. The molecule has 132 valence electrons. The van der Waals surface area contributed by atoms with Crippen LogP contribution in [0.2, 0.25) is 0 Å². The molecule has 0 radical (unpaired) electrons. The van der Waals surface area contributed by atoms with Crippen LogP contribution in [-0.4, -0.2) is 35.3 Å². The quantitative estimate of drug-likeness (QED) is 0.852. The summed E-state index contributed by atoms with van der Waals surface area (Å²) >= 11 is 1.72. The minimum atomic E-state index is -0.0999. The molecule has 1 aliphatic heterocycles. The molecule has 2 aromatic heterocycles. The zero-order valence-corrected chi connectivity index (χ0v) is 15.8. The first kappa shape index (κ1) is 19.0. The second-order valence-corrected chi connectivity index (χ2v) is 7.67. The van der Waals surface area contributed by atoms with E-state index in [0.29, 0.717) is 18.3 Å². The zero-order valence-electron chi connectivity index (χ0n) is 14.1. The van der Waals surface area contributed by atoms with E-state index in [1.54, 1.807) is 11.3 Å². The third kappa shape index (κ3) is 4.37. The summed E-state index contributed by atoms with van der Waals surface area (Å²) in [6.45, 7) is 6.89. The molecule has 0 spiro atoms. The molecule has 2 N–H and O–H groups in total. The lowest BCUT2D eigenvalue weighted by molar-refractivity contribution is 0.0939. The average molecular weight is 369 g/mol. The fourth-order valence-corrected chi connectivity index (χ4v) is 3.72. The Labute approximate surface area is 153 Å². The van der Waals surface area contributed by atoms with Gasteiger partial charge in [-0.15, -0.1) is 23.7 Å². The Hall–Kier alpha value is -1.37. The molecule has 1 aliphatic rings. The van der Waals surface area contributed by atoms with Crippen LogP contribution in [0.15, 0.2) is 29.8 Å². The maximum Gasteiger partial charge on any atom is 0.271 e. The van der Waals surface area contributed by atoms with E-state index >= 15 is 0 Å². The number of thiophene rings is 1. The van der Waals surface area contributed by atoms with Crippen molar-refractivity contribution in [2.24, 2.45) is 0 Å². The summed E-state index contributed by atoms with van der Waals surface area (Å²) in [5.41, 5.74) is 0.428. The molecule has 24 heavy (non-hydrogen) atoms. The van der Waals surface area contributed by atoms with E-state index in [-0.39, 0.29) is 23.7 Å². The van der Waals surface area contributed by atoms with Gasteiger partial charge in [0.2, 0.25) is 0 Å². The van der Waals surface area contributed by atoms with E-state index in [2.05, 4.69) is 41.0 Å². The maximum absolute atomic E-state index is 12.4. The Balaban J connectivity index is 0.00000208. The number of hydrogen-bond donors (Lipinski definition) is 2. The van der Waals surface area contributed by atoms with Crippen LogP contribution in [0.3, 0.4) is 0 Å². The zero-order chi connectivity index (χ0) is 16.3. The van der Waals surface area contributed by atoms with Crippen LogP contribution in [0.4, 0.5) is 0 Å². The third-order valence-electron chi connectivity index (χ3n) is 4.37. The van der Waals surface area contributed by atoms with Gasteiger partial charge in [-0.3, -0.25) is 9.48 Å². The molecule has 1 saturated heterocycles. The van der Waals surface area contributed by atoms with Crippen molar-refractivity contribution in [1.29, 1.82) is 0 Å². The van der Waals surface area contributed by atoms with Gasteiger partial charge in [-0.2, -0.15) is 5.10 Å². The van der Waals surface area contributed by atoms with Gasteiger partial charge >= 0.3 is 0 Å². The average Bonchev–Trinajstić information content (AvgIpc) is 3.25. The fraction of sp³-hybridized carbons (Fsp3) is 0.529. The highest BCUT2D eigenvalue weighted by atomic mass is 35.5. The molecular formula is C17H25ClN4OS. The van der Waals surface area contributed by atoms with Crippen LogP contribution >= 0.6 is 23.7 Å². The van der Waals surface area contributed by atoms with Crippen LogP contribution in [-0.2, 0) is 5.41 Å². The monoisotopic (exact) mass is 368 g/mol. The van der Waals surface area contributed by atoms with Gasteiger partial charge in [0.25, 0.3) is 5.91 Å². The number of nitrogens with one attached hydrogen (secondary N) is 2. The first-order valence-electron chi connectivity index (χ1n) is 8.14. The van der Waals surface area contributed by atoms with Gasteiger partial charge in [-0.1, -0.05) is 19.9 Å². The summed E-state index contributed by atoms with van der Waals surface area (Å²) in [6, 6.07) is 6.32. The molecule has 1 atom stereocenters. The second kappa shape index (κ2) is 8.14. The Morgan fingerprint density at radius 3 is 3.00 bits per heavy atom. The molecule has 3 rings (SSSR count). The fourth-order valence-electron chi connectivity index (χ4n) is 2.86. The summed E-state index contributed by atoms with van der Waals surface area (Å²) in [4.78, 5) is 13.6. The Kier molecular flexibility index (Phi) is 6.43. The number of piperidine rings is 1. The number of carbonyl (C=O) groups is 1. The third-order valence-corrected chi connectivity index (χ3v) is 5.60. The molecule has 0 saturated carbocycles. The van der Waals surface area contributed by atoms with E-state index in [4.69, 9.17) is 0 Å².